The summed E-state index contributed by atoms with van der Waals surface area (Å²) in [6, 6.07) is 1.88. The van der Waals surface area contributed by atoms with E-state index in [1.807, 2.05) is 13.0 Å². The van der Waals surface area contributed by atoms with E-state index in [1.54, 1.807) is 6.20 Å². The van der Waals surface area contributed by atoms with Crippen molar-refractivity contribution in [3.8, 4) is 0 Å². The molecule has 0 spiro atoms. The van der Waals surface area contributed by atoms with E-state index in [1.165, 1.54) is 0 Å². The van der Waals surface area contributed by atoms with Crippen LogP contribution in [0.5, 0.6) is 0 Å². The molecule has 1 aromatic rings. The molecule has 0 saturated carbocycles. The number of nitrogens with one attached hydrogen (secondary N) is 2. The monoisotopic (exact) mass is 241 g/mol. The third-order valence-electron chi connectivity index (χ3n) is 2.59. The summed E-state index contributed by atoms with van der Waals surface area (Å²) in [7, 11) is 0. The van der Waals surface area contributed by atoms with Crippen molar-refractivity contribution in [2.24, 2.45) is 0 Å². The van der Waals surface area contributed by atoms with E-state index in [2.05, 4.69) is 15.6 Å². The summed E-state index contributed by atoms with van der Waals surface area (Å²) in [6.07, 6.45) is 1.96. The molecule has 16 heavy (non-hydrogen) atoms. The van der Waals surface area contributed by atoms with Gasteiger partial charge < -0.3 is 15.4 Å². The maximum Gasteiger partial charge on any atom is 0.0872 e. The van der Waals surface area contributed by atoms with Gasteiger partial charge in [-0.2, -0.15) is 0 Å². The second kappa shape index (κ2) is 5.48. The van der Waals surface area contributed by atoms with E-state index < -0.39 is 0 Å². The van der Waals surface area contributed by atoms with Gasteiger partial charge in [-0.05, 0) is 13.0 Å². The van der Waals surface area contributed by atoms with Crippen LogP contribution in [0.25, 0.3) is 0 Å². The van der Waals surface area contributed by atoms with Gasteiger partial charge in [0, 0.05) is 25.8 Å². The van der Waals surface area contributed by atoms with Gasteiger partial charge in [0.2, 0.25) is 0 Å². The second-order valence-corrected chi connectivity index (χ2v) is 4.21. The van der Waals surface area contributed by atoms with E-state index in [0.29, 0.717) is 5.02 Å². The van der Waals surface area contributed by atoms with Crippen molar-refractivity contribution in [1.82, 2.24) is 10.3 Å². The molecular weight excluding hydrogens is 226 g/mol. The molecule has 0 amide bonds. The van der Waals surface area contributed by atoms with Crippen molar-refractivity contribution in [1.29, 1.82) is 0 Å². The van der Waals surface area contributed by atoms with Crippen molar-refractivity contribution in [2.45, 2.75) is 13.0 Å². The summed E-state index contributed by atoms with van der Waals surface area (Å²) in [6.45, 7) is 5.25. The van der Waals surface area contributed by atoms with Crippen LogP contribution in [-0.2, 0) is 4.74 Å². The first-order chi connectivity index (χ1) is 7.77. The minimum Gasteiger partial charge on any atom is -0.381 e. The number of nitrogens with zero attached hydrogens (tertiary/aromatic N) is 1. The highest BCUT2D eigenvalue weighted by molar-refractivity contribution is 6.33. The van der Waals surface area contributed by atoms with Crippen LogP contribution < -0.4 is 10.6 Å². The Kier molecular flexibility index (Phi) is 3.98. The lowest BCUT2D eigenvalue weighted by Crippen LogP contribution is -2.42. The molecule has 2 rings (SSSR count). The molecule has 1 unspecified atom stereocenters. The topological polar surface area (TPSA) is 46.2 Å². The Labute approximate surface area is 100 Å². The number of morpholine rings is 1. The van der Waals surface area contributed by atoms with Crippen LogP contribution in [0.1, 0.15) is 5.69 Å². The molecule has 2 heterocycles. The number of rotatable bonds is 3. The number of halogens is 1. The van der Waals surface area contributed by atoms with E-state index in [0.717, 1.165) is 37.6 Å². The molecule has 1 aliphatic heterocycles. The molecule has 5 heteroatoms. The quantitative estimate of drug-likeness (QED) is 0.841. The first-order valence-corrected chi connectivity index (χ1v) is 5.82. The lowest BCUT2D eigenvalue weighted by atomic mass is 10.2. The zero-order valence-corrected chi connectivity index (χ0v) is 10.0. The fourth-order valence-electron chi connectivity index (χ4n) is 1.66. The van der Waals surface area contributed by atoms with Gasteiger partial charge in [-0.1, -0.05) is 11.6 Å². The first-order valence-electron chi connectivity index (χ1n) is 5.44. The van der Waals surface area contributed by atoms with Crippen LogP contribution in [0.3, 0.4) is 0 Å². The zero-order chi connectivity index (χ0) is 11.4. The van der Waals surface area contributed by atoms with Gasteiger partial charge in [-0.3, -0.25) is 4.98 Å². The van der Waals surface area contributed by atoms with Gasteiger partial charge in [0.05, 0.1) is 29.1 Å². The number of pyridine rings is 1. The summed E-state index contributed by atoms with van der Waals surface area (Å²) >= 11 is 6.13. The highest BCUT2D eigenvalue weighted by atomic mass is 35.5. The fraction of sp³-hybridized carbons (Fsp3) is 0.545. The second-order valence-electron chi connectivity index (χ2n) is 3.84. The van der Waals surface area contributed by atoms with Crippen LogP contribution in [-0.4, -0.2) is 37.3 Å². The van der Waals surface area contributed by atoms with E-state index in [-0.39, 0.29) is 6.10 Å². The molecular formula is C11H16ClN3O. The van der Waals surface area contributed by atoms with Crippen molar-refractivity contribution in [3.05, 3.63) is 23.0 Å². The molecule has 1 atom stereocenters. The van der Waals surface area contributed by atoms with E-state index in [9.17, 15) is 0 Å². The highest BCUT2D eigenvalue weighted by Gasteiger charge is 2.13. The van der Waals surface area contributed by atoms with Crippen LogP contribution in [0.15, 0.2) is 12.3 Å². The van der Waals surface area contributed by atoms with Crippen LogP contribution >= 0.6 is 11.6 Å². The van der Waals surface area contributed by atoms with Gasteiger partial charge in [-0.25, -0.2) is 0 Å². The number of aryl methyl sites for hydroxylation is 1. The van der Waals surface area contributed by atoms with Crippen molar-refractivity contribution < 1.29 is 4.74 Å². The highest BCUT2D eigenvalue weighted by Crippen LogP contribution is 2.23. The summed E-state index contributed by atoms with van der Waals surface area (Å²) in [5.74, 6) is 0. The van der Waals surface area contributed by atoms with Gasteiger partial charge in [0.15, 0.2) is 0 Å². The average Bonchev–Trinajstić information content (AvgIpc) is 2.32. The van der Waals surface area contributed by atoms with Gasteiger partial charge >= 0.3 is 0 Å². The molecule has 0 radical (unpaired) electrons. The zero-order valence-electron chi connectivity index (χ0n) is 9.29. The van der Waals surface area contributed by atoms with Crippen molar-refractivity contribution in [3.63, 3.8) is 0 Å². The summed E-state index contributed by atoms with van der Waals surface area (Å²) < 4.78 is 5.59. The van der Waals surface area contributed by atoms with Gasteiger partial charge in [-0.15, -0.1) is 0 Å². The van der Waals surface area contributed by atoms with Crippen LogP contribution in [0.4, 0.5) is 5.69 Å². The predicted octanol–water partition coefficient (Wildman–Crippen LogP) is 1.44. The van der Waals surface area contributed by atoms with E-state index in [4.69, 9.17) is 16.3 Å². The third-order valence-corrected chi connectivity index (χ3v) is 3.07. The average molecular weight is 242 g/mol. The number of aromatic nitrogens is 1. The molecule has 1 saturated heterocycles. The molecule has 2 N–H and O–H groups in total. The number of hydrogen-bond acceptors (Lipinski definition) is 4. The first kappa shape index (κ1) is 11.6. The standard InChI is InChI=1S/C11H16ClN3O/c1-8-11(12)10(2-3-14-8)15-7-9-6-13-4-5-16-9/h2-3,9,13H,4-7H2,1H3,(H,14,15). The Morgan fingerprint density at radius 1 is 1.69 bits per heavy atom. The molecule has 0 aromatic carbocycles. The van der Waals surface area contributed by atoms with Crippen LogP contribution in [0.2, 0.25) is 5.02 Å². The lowest BCUT2D eigenvalue weighted by molar-refractivity contribution is 0.0372. The summed E-state index contributed by atoms with van der Waals surface area (Å²) in [5, 5.41) is 7.26. The minimum absolute atomic E-state index is 0.207. The maximum atomic E-state index is 6.13. The molecule has 0 bridgehead atoms. The fourth-order valence-corrected chi connectivity index (χ4v) is 1.84. The normalized spacial score (nSPS) is 20.8. The van der Waals surface area contributed by atoms with E-state index >= 15 is 0 Å². The Morgan fingerprint density at radius 2 is 2.56 bits per heavy atom. The van der Waals surface area contributed by atoms with Crippen molar-refractivity contribution in [2.75, 3.05) is 31.6 Å². The number of ether oxygens (including phenoxy) is 1. The smallest absolute Gasteiger partial charge is 0.0872 e. The molecule has 0 aliphatic carbocycles. The third kappa shape index (κ3) is 2.84. The Morgan fingerprint density at radius 3 is 3.31 bits per heavy atom. The Hall–Kier alpha value is -0.840. The SMILES string of the molecule is Cc1nccc(NCC2CNCCO2)c1Cl. The lowest BCUT2D eigenvalue weighted by Gasteiger charge is -2.24. The molecule has 1 fully saturated rings. The molecule has 1 aliphatic rings. The van der Waals surface area contributed by atoms with Crippen LogP contribution in [0, 0.1) is 6.92 Å². The maximum absolute atomic E-state index is 6.13. The predicted molar refractivity (Wildman–Crippen MR) is 65.1 cm³/mol. The van der Waals surface area contributed by atoms with Gasteiger partial charge in [0.25, 0.3) is 0 Å². The Bertz CT molecular complexity index is 353. The molecule has 1 aromatic heterocycles. The minimum atomic E-state index is 0.207. The molecule has 4 nitrogen and oxygen atoms in total. The number of hydrogen-bond donors (Lipinski definition) is 2. The number of anilines is 1. The van der Waals surface area contributed by atoms with Gasteiger partial charge in [0.1, 0.15) is 0 Å². The summed E-state index contributed by atoms with van der Waals surface area (Å²) in [4.78, 5) is 4.12. The Balaban J connectivity index is 1.91. The van der Waals surface area contributed by atoms with Crippen molar-refractivity contribution >= 4 is 17.3 Å². The molecule has 88 valence electrons. The largest absolute Gasteiger partial charge is 0.381 e. The summed E-state index contributed by atoms with van der Waals surface area (Å²) in [5.41, 5.74) is 1.76.